The van der Waals surface area contributed by atoms with E-state index < -0.39 is 13.2 Å². The number of hydrogen-bond acceptors (Lipinski definition) is 4. The lowest BCUT2D eigenvalue weighted by Crippen LogP contribution is -2.16. The van der Waals surface area contributed by atoms with Crippen LogP contribution < -0.4 is 10.2 Å². The molecule has 0 bridgehead atoms. The van der Waals surface area contributed by atoms with Gasteiger partial charge in [-0.05, 0) is 54.3 Å². The smallest absolute Gasteiger partial charge is 0.264 e. The molecule has 2 aromatic carbocycles. The summed E-state index contributed by atoms with van der Waals surface area (Å²) in [5.41, 5.74) is 1.52. The van der Waals surface area contributed by atoms with Crippen molar-refractivity contribution < 1.29 is 14.2 Å². The second-order valence-corrected chi connectivity index (χ2v) is 9.84. The summed E-state index contributed by atoms with van der Waals surface area (Å²) >= 11 is 5.93. The quantitative estimate of drug-likeness (QED) is 0.634. The molecule has 0 aromatic heterocycles. The van der Waals surface area contributed by atoms with Gasteiger partial charge in [-0.3, -0.25) is 4.57 Å². The monoisotopic (exact) mass is 395 g/mol. The number of nitrogens with zero attached hydrogens (tertiary/aromatic N) is 1. The van der Waals surface area contributed by atoms with Gasteiger partial charge < -0.3 is 14.5 Å². The van der Waals surface area contributed by atoms with Crippen LogP contribution in [0.25, 0.3) is 0 Å². The van der Waals surface area contributed by atoms with Crippen molar-refractivity contribution in [2.45, 2.75) is 26.1 Å². The lowest BCUT2D eigenvalue weighted by Gasteiger charge is -2.25. The zero-order valence-electron chi connectivity index (χ0n) is 15.7. The van der Waals surface area contributed by atoms with Crippen molar-refractivity contribution in [2.24, 2.45) is 5.92 Å². The molecule has 6 heteroatoms. The highest BCUT2D eigenvalue weighted by Crippen LogP contribution is 2.57. The Balaban J connectivity index is 2.37. The standard InChI is InChI=1S/C20H27ClNO3P/c1-15(2)13-14-25-26(24,19-11-9-18(10-12-19)22(3)4)20(23)16-5-7-17(21)8-6-16/h5-12,15,20,23H,13-14H2,1-4H3/t20-,26+/m1/s1. The topological polar surface area (TPSA) is 49.8 Å². The predicted molar refractivity (Wildman–Crippen MR) is 110 cm³/mol. The molecule has 2 rings (SSSR count). The summed E-state index contributed by atoms with van der Waals surface area (Å²) in [6.45, 7) is 4.49. The molecule has 0 amide bonds. The third-order valence-corrected chi connectivity index (χ3v) is 6.97. The zero-order chi connectivity index (χ0) is 19.3. The lowest BCUT2D eigenvalue weighted by molar-refractivity contribution is 0.209. The molecular weight excluding hydrogens is 369 g/mol. The fourth-order valence-corrected chi connectivity index (χ4v) is 4.70. The van der Waals surface area contributed by atoms with Gasteiger partial charge in [-0.25, -0.2) is 0 Å². The van der Waals surface area contributed by atoms with Crippen LogP contribution in [0.5, 0.6) is 0 Å². The van der Waals surface area contributed by atoms with Crippen molar-refractivity contribution in [1.29, 1.82) is 0 Å². The van der Waals surface area contributed by atoms with Gasteiger partial charge in [0.2, 0.25) is 0 Å². The molecule has 0 fully saturated rings. The van der Waals surface area contributed by atoms with Crippen molar-refractivity contribution in [2.75, 3.05) is 25.6 Å². The molecule has 0 spiro atoms. The number of hydrogen-bond donors (Lipinski definition) is 1. The van der Waals surface area contributed by atoms with Crippen LogP contribution in [0.2, 0.25) is 5.02 Å². The van der Waals surface area contributed by atoms with Gasteiger partial charge in [-0.1, -0.05) is 37.6 Å². The Morgan fingerprint density at radius 2 is 1.65 bits per heavy atom. The molecule has 1 N–H and O–H groups in total. The summed E-state index contributed by atoms with van der Waals surface area (Å²) in [7, 11) is 0.369. The van der Waals surface area contributed by atoms with Crippen LogP contribution in [-0.4, -0.2) is 25.8 Å². The molecule has 0 saturated carbocycles. The van der Waals surface area contributed by atoms with Crippen LogP contribution in [0.4, 0.5) is 5.69 Å². The average Bonchev–Trinajstić information content (AvgIpc) is 2.61. The minimum absolute atomic E-state index is 0.328. The lowest BCUT2D eigenvalue weighted by atomic mass is 10.2. The van der Waals surface area contributed by atoms with Gasteiger partial charge in [0.1, 0.15) is 0 Å². The second-order valence-electron chi connectivity index (χ2n) is 6.95. The highest BCUT2D eigenvalue weighted by atomic mass is 35.5. The van der Waals surface area contributed by atoms with E-state index in [-0.39, 0.29) is 0 Å². The molecule has 2 aromatic rings. The molecule has 0 aliphatic carbocycles. The first kappa shape index (κ1) is 21.0. The number of rotatable bonds is 8. The number of benzene rings is 2. The van der Waals surface area contributed by atoms with E-state index in [1.54, 1.807) is 36.4 Å². The van der Waals surface area contributed by atoms with Gasteiger partial charge in [0.05, 0.1) is 6.61 Å². The largest absolute Gasteiger partial charge is 0.378 e. The highest BCUT2D eigenvalue weighted by Gasteiger charge is 2.36. The Kier molecular flexibility index (Phi) is 7.31. The first-order valence-electron chi connectivity index (χ1n) is 8.70. The van der Waals surface area contributed by atoms with E-state index in [9.17, 15) is 9.67 Å². The van der Waals surface area contributed by atoms with Gasteiger partial charge in [0, 0.05) is 30.1 Å². The highest BCUT2D eigenvalue weighted by molar-refractivity contribution is 7.67. The van der Waals surface area contributed by atoms with E-state index in [0.29, 0.717) is 28.4 Å². The average molecular weight is 396 g/mol. The third kappa shape index (κ3) is 5.11. The fraction of sp³-hybridized carbons (Fsp3) is 0.400. The summed E-state index contributed by atoms with van der Waals surface area (Å²) in [4.78, 5) is 1.96. The number of aliphatic hydroxyl groups is 1. The molecule has 2 atom stereocenters. The molecule has 0 aliphatic rings. The van der Waals surface area contributed by atoms with Crippen molar-refractivity contribution in [3.05, 3.63) is 59.1 Å². The third-order valence-electron chi connectivity index (χ3n) is 4.19. The number of aliphatic hydroxyl groups excluding tert-OH is 1. The van der Waals surface area contributed by atoms with E-state index in [4.69, 9.17) is 16.1 Å². The van der Waals surface area contributed by atoms with E-state index in [1.165, 1.54) is 0 Å². The first-order valence-corrected chi connectivity index (χ1v) is 10.8. The molecule has 0 heterocycles. The SMILES string of the molecule is CC(C)CCO[P@@](=O)(c1ccc(N(C)C)cc1)[C@@H](O)c1ccc(Cl)cc1. The van der Waals surface area contributed by atoms with Gasteiger partial charge in [0.15, 0.2) is 5.85 Å². The van der Waals surface area contributed by atoms with Gasteiger partial charge in [-0.2, -0.15) is 0 Å². The molecule has 4 nitrogen and oxygen atoms in total. The molecule has 0 saturated heterocycles. The van der Waals surface area contributed by atoms with Crippen LogP contribution >= 0.6 is 19.0 Å². The van der Waals surface area contributed by atoms with Gasteiger partial charge in [0.25, 0.3) is 7.37 Å². The normalized spacial score (nSPS) is 14.9. The summed E-state index contributed by atoms with van der Waals surface area (Å²) in [6.07, 6.45) is 0.771. The Morgan fingerprint density at radius 1 is 1.08 bits per heavy atom. The maximum absolute atomic E-state index is 13.7. The minimum atomic E-state index is -3.51. The summed E-state index contributed by atoms with van der Waals surface area (Å²) < 4.78 is 19.6. The first-order chi connectivity index (χ1) is 12.2. The van der Waals surface area contributed by atoms with Gasteiger partial charge >= 0.3 is 0 Å². The minimum Gasteiger partial charge on any atom is -0.378 e. The van der Waals surface area contributed by atoms with E-state index in [1.807, 2.05) is 31.1 Å². The van der Waals surface area contributed by atoms with Crippen LogP contribution in [0.1, 0.15) is 31.7 Å². The molecule has 142 valence electrons. The van der Waals surface area contributed by atoms with E-state index >= 15 is 0 Å². The van der Waals surface area contributed by atoms with E-state index in [0.717, 1.165) is 12.1 Å². The van der Waals surface area contributed by atoms with E-state index in [2.05, 4.69) is 13.8 Å². The van der Waals surface area contributed by atoms with Crippen molar-refractivity contribution in [3.63, 3.8) is 0 Å². The Bertz CT molecular complexity index is 745. The molecule has 0 unspecified atom stereocenters. The number of anilines is 1. The summed E-state index contributed by atoms with van der Waals surface area (Å²) in [5, 5.41) is 12.0. The van der Waals surface area contributed by atoms with Crippen molar-refractivity contribution >= 4 is 30.0 Å². The Morgan fingerprint density at radius 3 is 2.15 bits per heavy atom. The maximum atomic E-state index is 13.7. The fourth-order valence-electron chi connectivity index (χ4n) is 2.50. The summed E-state index contributed by atoms with van der Waals surface area (Å²) in [6, 6.07) is 14.0. The molecule has 26 heavy (non-hydrogen) atoms. The van der Waals surface area contributed by atoms with Crippen LogP contribution in [0.15, 0.2) is 48.5 Å². The molecule has 0 aliphatic heterocycles. The Labute approximate surface area is 161 Å². The van der Waals surface area contributed by atoms with Crippen LogP contribution in [-0.2, 0) is 9.09 Å². The van der Waals surface area contributed by atoms with Crippen LogP contribution in [0.3, 0.4) is 0 Å². The van der Waals surface area contributed by atoms with Crippen LogP contribution in [0, 0.1) is 5.92 Å². The zero-order valence-corrected chi connectivity index (χ0v) is 17.4. The molecule has 0 radical (unpaired) electrons. The number of halogens is 1. The second kappa shape index (κ2) is 9.05. The predicted octanol–water partition coefficient (Wildman–Crippen LogP) is 5.06. The summed E-state index contributed by atoms with van der Waals surface area (Å²) in [5.74, 6) is -0.815. The Hall–Kier alpha value is -1.32. The van der Waals surface area contributed by atoms with Crippen molar-refractivity contribution in [3.8, 4) is 0 Å². The van der Waals surface area contributed by atoms with Gasteiger partial charge in [-0.15, -0.1) is 0 Å². The van der Waals surface area contributed by atoms with Crippen molar-refractivity contribution in [1.82, 2.24) is 0 Å². The maximum Gasteiger partial charge on any atom is 0.264 e. The molecular formula is C20H27ClNO3P.